The van der Waals surface area contributed by atoms with Gasteiger partial charge in [0.15, 0.2) is 0 Å². The van der Waals surface area contributed by atoms with E-state index in [0.29, 0.717) is 13.0 Å². The molecule has 1 aliphatic rings. The van der Waals surface area contributed by atoms with Gasteiger partial charge in [0.25, 0.3) is 0 Å². The van der Waals surface area contributed by atoms with E-state index in [-0.39, 0.29) is 5.97 Å². The molecule has 0 amide bonds. The molecule has 1 rings (SSSR count). The number of rotatable bonds is 6. The SMILES string of the molecule is CCOC(=O)C(C)(N)CCCN1CCCC(C)C1. The fraction of sp³-hybridized carbons (Fsp3) is 0.929. The van der Waals surface area contributed by atoms with Gasteiger partial charge in [0.05, 0.1) is 6.61 Å². The molecular formula is C14H28N2O2. The van der Waals surface area contributed by atoms with Crippen LogP contribution < -0.4 is 5.73 Å². The summed E-state index contributed by atoms with van der Waals surface area (Å²) in [6.07, 6.45) is 4.28. The van der Waals surface area contributed by atoms with Crippen LogP contribution in [0.1, 0.15) is 46.5 Å². The summed E-state index contributed by atoms with van der Waals surface area (Å²) in [4.78, 5) is 14.1. The highest BCUT2D eigenvalue weighted by atomic mass is 16.5. The van der Waals surface area contributed by atoms with Gasteiger partial charge in [-0.1, -0.05) is 6.92 Å². The van der Waals surface area contributed by atoms with Crippen molar-refractivity contribution in [3.05, 3.63) is 0 Å². The third-order valence-corrected chi connectivity index (χ3v) is 3.65. The number of ether oxygens (including phenoxy) is 1. The molecule has 2 N–H and O–H groups in total. The van der Waals surface area contributed by atoms with E-state index in [0.717, 1.165) is 18.9 Å². The van der Waals surface area contributed by atoms with E-state index in [2.05, 4.69) is 11.8 Å². The van der Waals surface area contributed by atoms with Crippen LogP contribution in [0.5, 0.6) is 0 Å². The molecule has 0 aromatic carbocycles. The number of nitrogens with zero attached hydrogens (tertiary/aromatic N) is 1. The van der Waals surface area contributed by atoms with E-state index in [1.807, 2.05) is 6.92 Å². The van der Waals surface area contributed by atoms with Crippen molar-refractivity contribution in [1.29, 1.82) is 0 Å². The van der Waals surface area contributed by atoms with Gasteiger partial charge in [-0.3, -0.25) is 4.79 Å². The molecule has 0 aromatic rings. The van der Waals surface area contributed by atoms with Gasteiger partial charge in [-0.2, -0.15) is 0 Å². The Labute approximate surface area is 111 Å². The Hall–Kier alpha value is -0.610. The lowest BCUT2D eigenvalue weighted by Gasteiger charge is -2.31. The van der Waals surface area contributed by atoms with Crippen molar-refractivity contribution in [2.24, 2.45) is 11.7 Å². The van der Waals surface area contributed by atoms with Gasteiger partial charge in [-0.15, -0.1) is 0 Å². The summed E-state index contributed by atoms with van der Waals surface area (Å²) in [5.74, 6) is 0.519. The van der Waals surface area contributed by atoms with E-state index >= 15 is 0 Å². The lowest BCUT2D eigenvalue weighted by atomic mass is 9.96. The maximum absolute atomic E-state index is 11.6. The predicted molar refractivity (Wildman–Crippen MR) is 73.3 cm³/mol. The Morgan fingerprint density at radius 2 is 2.28 bits per heavy atom. The molecule has 1 saturated heterocycles. The maximum atomic E-state index is 11.6. The maximum Gasteiger partial charge on any atom is 0.325 e. The van der Waals surface area contributed by atoms with Crippen molar-refractivity contribution in [3.8, 4) is 0 Å². The Morgan fingerprint density at radius 1 is 1.56 bits per heavy atom. The summed E-state index contributed by atoms with van der Waals surface area (Å²) in [6.45, 7) is 9.68. The molecule has 1 aliphatic heterocycles. The van der Waals surface area contributed by atoms with Crippen LogP contribution in [0.15, 0.2) is 0 Å². The Kier molecular flexibility index (Phi) is 6.09. The lowest BCUT2D eigenvalue weighted by molar-refractivity contribution is -0.149. The first-order valence-electron chi connectivity index (χ1n) is 7.14. The largest absolute Gasteiger partial charge is 0.465 e. The van der Waals surface area contributed by atoms with E-state index in [4.69, 9.17) is 10.5 Å². The Morgan fingerprint density at radius 3 is 2.89 bits per heavy atom. The minimum atomic E-state index is -0.836. The number of esters is 1. The average Bonchev–Trinajstić information content (AvgIpc) is 2.29. The number of hydrogen-bond acceptors (Lipinski definition) is 4. The monoisotopic (exact) mass is 256 g/mol. The molecule has 2 atom stereocenters. The van der Waals surface area contributed by atoms with Crippen molar-refractivity contribution in [3.63, 3.8) is 0 Å². The summed E-state index contributed by atoms with van der Waals surface area (Å²) < 4.78 is 4.99. The van der Waals surface area contributed by atoms with Gasteiger partial charge >= 0.3 is 5.97 Å². The number of piperidine rings is 1. The van der Waals surface area contributed by atoms with Crippen LogP contribution in [0.4, 0.5) is 0 Å². The van der Waals surface area contributed by atoms with Crippen LogP contribution >= 0.6 is 0 Å². The molecule has 1 heterocycles. The third-order valence-electron chi connectivity index (χ3n) is 3.65. The van der Waals surface area contributed by atoms with Crippen molar-refractivity contribution in [2.75, 3.05) is 26.2 Å². The smallest absolute Gasteiger partial charge is 0.325 e. The van der Waals surface area contributed by atoms with Crippen molar-refractivity contribution < 1.29 is 9.53 Å². The standard InChI is InChI=1S/C14H28N2O2/c1-4-18-13(17)14(3,15)8-6-10-16-9-5-7-12(2)11-16/h12H,4-11,15H2,1-3H3. The van der Waals surface area contributed by atoms with Crippen molar-refractivity contribution in [1.82, 2.24) is 4.90 Å². The van der Waals surface area contributed by atoms with E-state index in [9.17, 15) is 4.79 Å². The van der Waals surface area contributed by atoms with Crippen molar-refractivity contribution >= 4 is 5.97 Å². The number of carbonyl (C=O) groups excluding carboxylic acids is 1. The zero-order valence-corrected chi connectivity index (χ0v) is 12.1. The van der Waals surface area contributed by atoms with Crippen LogP contribution in [0, 0.1) is 5.92 Å². The zero-order chi connectivity index (χ0) is 13.6. The fourth-order valence-corrected chi connectivity index (χ4v) is 2.56. The average molecular weight is 256 g/mol. The molecule has 0 aliphatic carbocycles. The summed E-state index contributed by atoms with van der Waals surface area (Å²) in [5, 5.41) is 0. The van der Waals surface area contributed by atoms with Crippen LogP contribution in [0.25, 0.3) is 0 Å². The number of nitrogens with two attached hydrogens (primary N) is 1. The third kappa shape index (κ3) is 4.94. The molecule has 0 bridgehead atoms. The molecule has 1 fully saturated rings. The fourth-order valence-electron chi connectivity index (χ4n) is 2.56. The summed E-state index contributed by atoms with van der Waals surface area (Å²) >= 11 is 0. The first kappa shape index (κ1) is 15.4. The molecule has 0 aromatic heterocycles. The second kappa shape index (κ2) is 7.10. The van der Waals surface area contributed by atoms with Gasteiger partial charge in [0.2, 0.25) is 0 Å². The number of likely N-dealkylation sites (tertiary alicyclic amines) is 1. The first-order chi connectivity index (χ1) is 8.45. The van der Waals surface area contributed by atoms with E-state index < -0.39 is 5.54 Å². The van der Waals surface area contributed by atoms with Gasteiger partial charge in [-0.05, 0) is 58.5 Å². The minimum absolute atomic E-state index is 0.281. The van der Waals surface area contributed by atoms with Gasteiger partial charge < -0.3 is 15.4 Å². The zero-order valence-electron chi connectivity index (χ0n) is 12.1. The van der Waals surface area contributed by atoms with Gasteiger partial charge in [0.1, 0.15) is 5.54 Å². The molecule has 0 radical (unpaired) electrons. The summed E-state index contributed by atoms with van der Waals surface area (Å²) in [6, 6.07) is 0. The first-order valence-corrected chi connectivity index (χ1v) is 7.14. The molecular weight excluding hydrogens is 228 g/mol. The summed E-state index contributed by atoms with van der Waals surface area (Å²) in [7, 11) is 0. The highest BCUT2D eigenvalue weighted by molar-refractivity contribution is 5.79. The number of carbonyl (C=O) groups is 1. The highest BCUT2D eigenvalue weighted by Gasteiger charge is 2.29. The van der Waals surface area contributed by atoms with Crippen LogP contribution in [-0.4, -0.2) is 42.6 Å². The van der Waals surface area contributed by atoms with Crippen molar-refractivity contribution in [2.45, 2.75) is 52.0 Å². The second-order valence-electron chi connectivity index (χ2n) is 5.79. The highest BCUT2D eigenvalue weighted by Crippen LogP contribution is 2.17. The topological polar surface area (TPSA) is 55.6 Å². The van der Waals surface area contributed by atoms with E-state index in [1.54, 1.807) is 6.92 Å². The van der Waals surface area contributed by atoms with Gasteiger partial charge in [-0.25, -0.2) is 0 Å². The Balaban J connectivity index is 2.25. The predicted octanol–water partition coefficient (Wildman–Crippen LogP) is 1.78. The lowest BCUT2D eigenvalue weighted by Crippen LogP contribution is -2.46. The second-order valence-corrected chi connectivity index (χ2v) is 5.79. The molecule has 106 valence electrons. The molecule has 4 nitrogen and oxygen atoms in total. The molecule has 18 heavy (non-hydrogen) atoms. The number of hydrogen-bond donors (Lipinski definition) is 1. The molecule has 0 spiro atoms. The van der Waals surface area contributed by atoms with Crippen LogP contribution in [-0.2, 0) is 9.53 Å². The Bertz CT molecular complexity index is 267. The quantitative estimate of drug-likeness (QED) is 0.736. The molecule has 0 saturated carbocycles. The molecule has 2 unspecified atom stereocenters. The molecule has 4 heteroatoms. The minimum Gasteiger partial charge on any atom is -0.465 e. The van der Waals surface area contributed by atoms with Crippen LogP contribution in [0.2, 0.25) is 0 Å². The van der Waals surface area contributed by atoms with Crippen LogP contribution in [0.3, 0.4) is 0 Å². The van der Waals surface area contributed by atoms with Gasteiger partial charge in [0, 0.05) is 6.54 Å². The normalized spacial score (nSPS) is 24.6. The summed E-state index contributed by atoms with van der Waals surface area (Å²) in [5.41, 5.74) is 5.16. The van der Waals surface area contributed by atoms with E-state index in [1.165, 1.54) is 25.9 Å².